The van der Waals surface area contributed by atoms with Crippen LogP contribution in [0.15, 0.2) is 12.7 Å². The zero-order valence-electron chi connectivity index (χ0n) is 12.8. The van der Waals surface area contributed by atoms with Crippen LogP contribution in [0.25, 0.3) is 0 Å². The molecule has 0 radical (unpaired) electrons. The van der Waals surface area contributed by atoms with Crippen molar-refractivity contribution in [3.63, 3.8) is 0 Å². The van der Waals surface area contributed by atoms with Crippen LogP contribution in [0.5, 0.6) is 0 Å². The molecule has 0 spiro atoms. The number of rotatable bonds is 6. The summed E-state index contributed by atoms with van der Waals surface area (Å²) < 4.78 is 5.80. The molecule has 1 saturated carbocycles. The standard InChI is InChI=1S/C16H30N2O/c1-5-9-18-10-7-13(8-11-18)17-14-12-15(19-6-2)16(14,3)4/h5,13-15,17H,1,6-12H2,2-4H3. The van der Waals surface area contributed by atoms with E-state index in [9.17, 15) is 0 Å². The van der Waals surface area contributed by atoms with Gasteiger partial charge in [-0.3, -0.25) is 4.90 Å². The van der Waals surface area contributed by atoms with Crippen LogP contribution < -0.4 is 5.32 Å². The van der Waals surface area contributed by atoms with Gasteiger partial charge in [0.05, 0.1) is 6.10 Å². The van der Waals surface area contributed by atoms with Crippen molar-refractivity contribution >= 4 is 0 Å². The van der Waals surface area contributed by atoms with E-state index in [1.165, 1.54) is 32.4 Å². The van der Waals surface area contributed by atoms with Crippen LogP contribution in [0, 0.1) is 5.41 Å². The van der Waals surface area contributed by atoms with E-state index in [2.05, 4.69) is 37.6 Å². The zero-order valence-corrected chi connectivity index (χ0v) is 12.8. The number of nitrogens with one attached hydrogen (secondary N) is 1. The van der Waals surface area contributed by atoms with Gasteiger partial charge in [0.25, 0.3) is 0 Å². The number of ether oxygens (including phenoxy) is 1. The maximum absolute atomic E-state index is 5.80. The summed E-state index contributed by atoms with van der Waals surface area (Å²) in [6.07, 6.45) is 6.15. The van der Waals surface area contributed by atoms with Gasteiger partial charge < -0.3 is 10.1 Å². The van der Waals surface area contributed by atoms with E-state index in [1.807, 2.05) is 6.08 Å². The lowest BCUT2D eigenvalue weighted by atomic mass is 9.64. The van der Waals surface area contributed by atoms with Gasteiger partial charge in [0.2, 0.25) is 0 Å². The molecule has 3 heteroatoms. The molecular formula is C16H30N2O. The lowest BCUT2D eigenvalue weighted by Crippen LogP contribution is -2.63. The molecule has 0 amide bonds. The summed E-state index contributed by atoms with van der Waals surface area (Å²) in [5.74, 6) is 0. The molecular weight excluding hydrogens is 236 g/mol. The van der Waals surface area contributed by atoms with Crippen LogP contribution in [0.4, 0.5) is 0 Å². The minimum Gasteiger partial charge on any atom is -0.378 e. The summed E-state index contributed by atoms with van der Waals surface area (Å²) in [6.45, 7) is 14.8. The first kappa shape index (κ1) is 15.0. The highest BCUT2D eigenvalue weighted by molar-refractivity contribution is 5.04. The van der Waals surface area contributed by atoms with Gasteiger partial charge in [0.15, 0.2) is 0 Å². The van der Waals surface area contributed by atoms with Crippen molar-refractivity contribution in [2.75, 3.05) is 26.2 Å². The summed E-state index contributed by atoms with van der Waals surface area (Å²) >= 11 is 0. The van der Waals surface area contributed by atoms with Crippen molar-refractivity contribution in [3.8, 4) is 0 Å². The summed E-state index contributed by atoms with van der Waals surface area (Å²) in [4.78, 5) is 2.49. The lowest BCUT2D eigenvalue weighted by Gasteiger charge is -2.53. The maximum Gasteiger partial charge on any atom is 0.0655 e. The van der Waals surface area contributed by atoms with Crippen molar-refractivity contribution in [1.29, 1.82) is 0 Å². The predicted octanol–water partition coefficient (Wildman–Crippen LogP) is 2.43. The quantitative estimate of drug-likeness (QED) is 0.747. The molecule has 0 aromatic carbocycles. The van der Waals surface area contributed by atoms with Crippen LogP contribution >= 0.6 is 0 Å². The van der Waals surface area contributed by atoms with Gasteiger partial charge >= 0.3 is 0 Å². The molecule has 1 N–H and O–H groups in total. The topological polar surface area (TPSA) is 24.5 Å². The molecule has 2 aliphatic rings. The van der Waals surface area contributed by atoms with Crippen LogP contribution in [0.1, 0.15) is 40.0 Å². The molecule has 0 bridgehead atoms. The van der Waals surface area contributed by atoms with Crippen LogP contribution in [0.3, 0.4) is 0 Å². The molecule has 1 aliphatic heterocycles. The second-order valence-electron chi connectivity index (χ2n) is 6.58. The second kappa shape index (κ2) is 6.38. The Labute approximate surface area is 118 Å². The number of hydrogen-bond acceptors (Lipinski definition) is 3. The molecule has 1 aliphatic carbocycles. The van der Waals surface area contributed by atoms with E-state index in [-0.39, 0.29) is 5.41 Å². The van der Waals surface area contributed by atoms with Crippen molar-refractivity contribution in [1.82, 2.24) is 10.2 Å². The zero-order chi connectivity index (χ0) is 13.9. The summed E-state index contributed by atoms with van der Waals surface area (Å²) in [6, 6.07) is 1.31. The van der Waals surface area contributed by atoms with Crippen molar-refractivity contribution < 1.29 is 4.74 Å². The van der Waals surface area contributed by atoms with Gasteiger partial charge in [0, 0.05) is 30.7 Å². The highest BCUT2D eigenvalue weighted by Crippen LogP contribution is 2.43. The molecule has 2 rings (SSSR count). The first-order valence-electron chi connectivity index (χ1n) is 7.78. The van der Waals surface area contributed by atoms with E-state index >= 15 is 0 Å². The van der Waals surface area contributed by atoms with Crippen LogP contribution in [0.2, 0.25) is 0 Å². The Morgan fingerprint density at radius 3 is 2.58 bits per heavy atom. The largest absolute Gasteiger partial charge is 0.378 e. The van der Waals surface area contributed by atoms with E-state index in [1.54, 1.807) is 0 Å². The summed E-state index contributed by atoms with van der Waals surface area (Å²) in [5.41, 5.74) is 0.286. The number of piperidine rings is 1. The third-order valence-electron chi connectivity index (χ3n) is 4.96. The normalized spacial score (nSPS) is 31.9. The fraction of sp³-hybridized carbons (Fsp3) is 0.875. The molecule has 1 saturated heterocycles. The van der Waals surface area contributed by atoms with E-state index in [0.717, 1.165) is 13.2 Å². The molecule has 2 unspecified atom stereocenters. The minimum absolute atomic E-state index is 0.286. The first-order valence-corrected chi connectivity index (χ1v) is 7.78. The van der Waals surface area contributed by atoms with Gasteiger partial charge in [0.1, 0.15) is 0 Å². The molecule has 2 fully saturated rings. The van der Waals surface area contributed by atoms with Crippen molar-refractivity contribution in [2.24, 2.45) is 5.41 Å². The Morgan fingerprint density at radius 1 is 1.37 bits per heavy atom. The van der Waals surface area contributed by atoms with Crippen LogP contribution in [-0.4, -0.2) is 49.3 Å². The molecule has 110 valence electrons. The molecule has 3 nitrogen and oxygen atoms in total. The molecule has 0 aromatic heterocycles. The maximum atomic E-state index is 5.80. The monoisotopic (exact) mass is 266 g/mol. The summed E-state index contributed by atoms with van der Waals surface area (Å²) in [7, 11) is 0. The first-order chi connectivity index (χ1) is 9.07. The van der Waals surface area contributed by atoms with Gasteiger partial charge in [-0.15, -0.1) is 6.58 Å². The van der Waals surface area contributed by atoms with Crippen LogP contribution in [-0.2, 0) is 4.74 Å². The number of nitrogens with zero attached hydrogens (tertiary/aromatic N) is 1. The smallest absolute Gasteiger partial charge is 0.0655 e. The Bertz CT molecular complexity index is 295. The minimum atomic E-state index is 0.286. The van der Waals surface area contributed by atoms with Gasteiger partial charge in [-0.05, 0) is 39.3 Å². The molecule has 1 heterocycles. The Hall–Kier alpha value is -0.380. The number of hydrogen-bond donors (Lipinski definition) is 1. The van der Waals surface area contributed by atoms with E-state index < -0.39 is 0 Å². The highest BCUT2D eigenvalue weighted by Gasteiger charge is 2.49. The summed E-state index contributed by atoms with van der Waals surface area (Å²) in [5, 5.41) is 3.86. The highest BCUT2D eigenvalue weighted by atomic mass is 16.5. The Balaban J connectivity index is 1.73. The van der Waals surface area contributed by atoms with Gasteiger partial charge in [-0.1, -0.05) is 19.9 Å². The van der Waals surface area contributed by atoms with E-state index in [0.29, 0.717) is 18.2 Å². The van der Waals surface area contributed by atoms with E-state index in [4.69, 9.17) is 4.74 Å². The SMILES string of the molecule is C=CCN1CCC(NC2CC(OCC)C2(C)C)CC1. The Morgan fingerprint density at radius 2 is 2.05 bits per heavy atom. The number of likely N-dealkylation sites (tertiary alicyclic amines) is 1. The molecule has 2 atom stereocenters. The van der Waals surface area contributed by atoms with Gasteiger partial charge in [-0.2, -0.15) is 0 Å². The fourth-order valence-corrected chi connectivity index (χ4v) is 3.40. The fourth-order valence-electron chi connectivity index (χ4n) is 3.40. The Kier molecular flexibility index (Phi) is 5.04. The molecule has 0 aromatic rings. The van der Waals surface area contributed by atoms with Gasteiger partial charge in [-0.25, -0.2) is 0 Å². The lowest BCUT2D eigenvalue weighted by molar-refractivity contribution is -0.117. The van der Waals surface area contributed by atoms with Crippen molar-refractivity contribution in [3.05, 3.63) is 12.7 Å². The average molecular weight is 266 g/mol. The third-order valence-corrected chi connectivity index (χ3v) is 4.96. The second-order valence-corrected chi connectivity index (χ2v) is 6.58. The van der Waals surface area contributed by atoms with Crippen molar-refractivity contribution in [2.45, 2.75) is 58.2 Å². The average Bonchev–Trinajstić information content (AvgIpc) is 2.40. The third kappa shape index (κ3) is 3.39. The predicted molar refractivity (Wildman–Crippen MR) is 80.4 cm³/mol. The molecule has 19 heavy (non-hydrogen) atoms.